The van der Waals surface area contributed by atoms with Crippen LogP contribution in [-0.4, -0.2) is 4.57 Å². The molecular weight excluding hydrogens is 174 g/mol. The fraction of sp³-hybridized carbons (Fsp3) is 0.583. The largest absolute Gasteiger partial charge is 0.307 e. The van der Waals surface area contributed by atoms with Crippen molar-refractivity contribution in [3.8, 4) is 0 Å². The lowest BCUT2D eigenvalue weighted by molar-refractivity contribution is 0.372. The SMILES string of the molecule is CC(C)(C)n1c2c(ccc1=O)CCC2. The van der Waals surface area contributed by atoms with Crippen molar-refractivity contribution in [3.05, 3.63) is 33.7 Å². The fourth-order valence-electron chi connectivity index (χ4n) is 2.30. The van der Waals surface area contributed by atoms with Crippen molar-refractivity contribution in [2.45, 2.75) is 45.6 Å². The zero-order chi connectivity index (χ0) is 10.3. The second-order valence-corrected chi connectivity index (χ2v) is 5.00. The molecule has 0 unspecified atom stereocenters. The van der Waals surface area contributed by atoms with Crippen molar-refractivity contribution in [2.24, 2.45) is 0 Å². The number of nitrogens with zero attached hydrogens (tertiary/aromatic N) is 1. The zero-order valence-corrected chi connectivity index (χ0v) is 9.13. The number of aryl methyl sites for hydroxylation is 1. The Morgan fingerprint density at radius 3 is 2.57 bits per heavy atom. The summed E-state index contributed by atoms with van der Waals surface area (Å²) in [5.41, 5.74) is 2.66. The molecule has 14 heavy (non-hydrogen) atoms. The van der Waals surface area contributed by atoms with E-state index < -0.39 is 0 Å². The second-order valence-electron chi connectivity index (χ2n) is 5.00. The van der Waals surface area contributed by atoms with Crippen LogP contribution in [0.2, 0.25) is 0 Å². The molecule has 0 saturated carbocycles. The molecule has 0 spiro atoms. The predicted molar refractivity (Wildman–Crippen MR) is 57.7 cm³/mol. The minimum absolute atomic E-state index is 0.0905. The van der Waals surface area contributed by atoms with Crippen LogP contribution in [-0.2, 0) is 18.4 Å². The Kier molecular flexibility index (Phi) is 2.02. The van der Waals surface area contributed by atoms with E-state index in [2.05, 4.69) is 20.8 Å². The van der Waals surface area contributed by atoms with E-state index in [0.717, 1.165) is 12.8 Å². The summed E-state index contributed by atoms with van der Waals surface area (Å²) >= 11 is 0. The van der Waals surface area contributed by atoms with Gasteiger partial charge < -0.3 is 4.57 Å². The molecule has 2 nitrogen and oxygen atoms in total. The second kappa shape index (κ2) is 2.97. The monoisotopic (exact) mass is 191 g/mol. The van der Waals surface area contributed by atoms with Gasteiger partial charge in [-0.1, -0.05) is 6.07 Å². The third-order valence-corrected chi connectivity index (χ3v) is 2.82. The molecule has 1 aliphatic carbocycles. The molecule has 1 aliphatic rings. The van der Waals surface area contributed by atoms with Crippen LogP contribution in [0.4, 0.5) is 0 Å². The van der Waals surface area contributed by atoms with Gasteiger partial charge in [-0.05, 0) is 45.6 Å². The number of fused-ring (bicyclic) bond motifs is 1. The van der Waals surface area contributed by atoms with Gasteiger partial charge in [0.05, 0.1) is 0 Å². The van der Waals surface area contributed by atoms with E-state index in [-0.39, 0.29) is 11.1 Å². The summed E-state index contributed by atoms with van der Waals surface area (Å²) in [6.45, 7) is 6.27. The van der Waals surface area contributed by atoms with E-state index in [1.165, 1.54) is 17.7 Å². The molecule has 0 aromatic carbocycles. The highest BCUT2D eigenvalue weighted by Gasteiger charge is 2.22. The van der Waals surface area contributed by atoms with Gasteiger partial charge in [0.25, 0.3) is 5.56 Å². The van der Waals surface area contributed by atoms with Gasteiger partial charge in [-0.3, -0.25) is 4.79 Å². The number of hydrogen-bond acceptors (Lipinski definition) is 1. The van der Waals surface area contributed by atoms with Gasteiger partial charge in [0.1, 0.15) is 0 Å². The van der Waals surface area contributed by atoms with Gasteiger partial charge in [0, 0.05) is 17.3 Å². The first-order valence-corrected chi connectivity index (χ1v) is 5.24. The molecule has 0 aliphatic heterocycles. The van der Waals surface area contributed by atoms with Crippen molar-refractivity contribution >= 4 is 0 Å². The maximum absolute atomic E-state index is 11.8. The Morgan fingerprint density at radius 2 is 1.93 bits per heavy atom. The molecule has 0 radical (unpaired) electrons. The van der Waals surface area contributed by atoms with Crippen molar-refractivity contribution in [2.75, 3.05) is 0 Å². The van der Waals surface area contributed by atoms with Gasteiger partial charge in [-0.2, -0.15) is 0 Å². The molecule has 76 valence electrons. The van der Waals surface area contributed by atoms with Crippen molar-refractivity contribution in [1.29, 1.82) is 0 Å². The third-order valence-electron chi connectivity index (χ3n) is 2.82. The van der Waals surface area contributed by atoms with Crippen LogP contribution in [0.3, 0.4) is 0 Å². The molecule has 2 heteroatoms. The summed E-state index contributed by atoms with van der Waals surface area (Å²) in [6.07, 6.45) is 3.38. The van der Waals surface area contributed by atoms with Crippen molar-refractivity contribution in [1.82, 2.24) is 4.57 Å². The van der Waals surface area contributed by atoms with E-state index in [4.69, 9.17) is 0 Å². The van der Waals surface area contributed by atoms with E-state index >= 15 is 0 Å². The first kappa shape index (κ1) is 9.50. The quantitative estimate of drug-likeness (QED) is 0.615. The summed E-state index contributed by atoms with van der Waals surface area (Å²) in [5.74, 6) is 0. The minimum atomic E-state index is -0.0905. The number of hydrogen-bond donors (Lipinski definition) is 0. The van der Waals surface area contributed by atoms with E-state index in [9.17, 15) is 4.79 Å². The fourth-order valence-corrected chi connectivity index (χ4v) is 2.30. The Balaban J connectivity index is 2.70. The standard InChI is InChI=1S/C12H17NO/c1-12(2,3)13-10-6-4-5-9(10)7-8-11(13)14/h7-8H,4-6H2,1-3H3. The van der Waals surface area contributed by atoms with Crippen LogP contribution in [0.25, 0.3) is 0 Å². The normalized spacial score (nSPS) is 15.6. The predicted octanol–water partition coefficient (Wildman–Crippen LogP) is 2.09. The van der Waals surface area contributed by atoms with Crippen LogP contribution in [0.5, 0.6) is 0 Å². The van der Waals surface area contributed by atoms with Crippen LogP contribution in [0.1, 0.15) is 38.4 Å². The lowest BCUT2D eigenvalue weighted by Crippen LogP contribution is -2.35. The van der Waals surface area contributed by atoms with Gasteiger partial charge in [0.15, 0.2) is 0 Å². The van der Waals surface area contributed by atoms with Gasteiger partial charge in [0.2, 0.25) is 0 Å². The highest BCUT2D eigenvalue weighted by atomic mass is 16.1. The van der Waals surface area contributed by atoms with Crippen LogP contribution < -0.4 is 5.56 Å². The molecular formula is C12H17NO. The van der Waals surface area contributed by atoms with E-state index in [1.807, 2.05) is 10.6 Å². The molecule has 0 amide bonds. The minimum Gasteiger partial charge on any atom is -0.307 e. The Labute approximate surface area is 84.6 Å². The summed E-state index contributed by atoms with van der Waals surface area (Å²) in [7, 11) is 0. The number of pyridine rings is 1. The summed E-state index contributed by atoms with van der Waals surface area (Å²) < 4.78 is 1.95. The summed E-state index contributed by atoms with van der Waals surface area (Å²) in [5, 5.41) is 0. The Hall–Kier alpha value is -1.05. The first-order chi connectivity index (χ1) is 6.50. The topological polar surface area (TPSA) is 22.0 Å². The molecule has 1 aromatic heterocycles. The first-order valence-electron chi connectivity index (χ1n) is 5.24. The lowest BCUT2D eigenvalue weighted by atomic mass is 10.1. The Bertz CT molecular complexity index is 409. The molecule has 1 aromatic rings. The molecule has 0 bridgehead atoms. The molecule has 2 rings (SSSR count). The third kappa shape index (κ3) is 1.39. The van der Waals surface area contributed by atoms with Crippen LogP contribution in [0.15, 0.2) is 16.9 Å². The van der Waals surface area contributed by atoms with Gasteiger partial charge in [-0.15, -0.1) is 0 Å². The van der Waals surface area contributed by atoms with Crippen LogP contribution in [0, 0.1) is 0 Å². The van der Waals surface area contributed by atoms with Crippen molar-refractivity contribution in [3.63, 3.8) is 0 Å². The molecule has 0 N–H and O–H groups in total. The average molecular weight is 191 g/mol. The lowest BCUT2D eigenvalue weighted by Gasteiger charge is -2.25. The van der Waals surface area contributed by atoms with Gasteiger partial charge in [-0.25, -0.2) is 0 Å². The van der Waals surface area contributed by atoms with Crippen LogP contribution >= 0.6 is 0 Å². The summed E-state index contributed by atoms with van der Waals surface area (Å²) in [4.78, 5) is 11.8. The summed E-state index contributed by atoms with van der Waals surface area (Å²) in [6, 6.07) is 3.70. The van der Waals surface area contributed by atoms with E-state index in [1.54, 1.807) is 6.07 Å². The number of rotatable bonds is 0. The highest BCUT2D eigenvalue weighted by Crippen LogP contribution is 2.24. The smallest absolute Gasteiger partial charge is 0.251 e. The average Bonchev–Trinajstić information content (AvgIpc) is 2.48. The van der Waals surface area contributed by atoms with E-state index in [0.29, 0.717) is 0 Å². The Morgan fingerprint density at radius 1 is 1.21 bits per heavy atom. The maximum atomic E-state index is 11.8. The molecule has 1 heterocycles. The molecule has 0 atom stereocenters. The highest BCUT2D eigenvalue weighted by molar-refractivity contribution is 5.26. The van der Waals surface area contributed by atoms with Gasteiger partial charge >= 0.3 is 0 Å². The zero-order valence-electron chi connectivity index (χ0n) is 9.13. The molecule has 0 saturated heterocycles. The molecule has 0 fully saturated rings. The van der Waals surface area contributed by atoms with Crippen molar-refractivity contribution < 1.29 is 0 Å². The number of aromatic nitrogens is 1. The maximum Gasteiger partial charge on any atom is 0.251 e.